The topological polar surface area (TPSA) is 78.9 Å². The SMILES string of the molecule is CC/C=C\C/C=C\C/C=C\C/C=C\C/C=C\C/C=C\CCCCCCC(=O)OC(COC(=O)CCCCCCCC)COC(=O)CCCCCCCCCCCCCCCCCCCC/C=C\C/C=C\C/C=C\CCCCCCC. The molecule has 0 saturated heterocycles. The third-order valence-corrected chi connectivity index (χ3v) is 14.5. The second-order valence-electron chi connectivity index (χ2n) is 22.4. The fourth-order valence-electron chi connectivity index (χ4n) is 9.45. The molecule has 0 aliphatic heterocycles. The summed E-state index contributed by atoms with van der Waals surface area (Å²) in [7, 11) is 0. The number of hydrogen-bond acceptors (Lipinski definition) is 6. The number of esters is 3. The van der Waals surface area contributed by atoms with Gasteiger partial charge < -0.3 is 14.2 Å². The summed E-state index contributed by atoms with van der Waals surface area (Å²) in [6, 6.07) is 0. The van der Waals surface area contributed by atoms with E-state index in [0.29, 0.717) is 19.3 Å². The van der Waals surface area contributed by atoms with E-state index in [-0.39, 0.29) is 31.1 Å². The van der Waals surface area contributed by atoms with Crippen LogP contribution in [0.1, 0.15) is 323 Å². The Hall–Kier alpha value is -3.93. The van der Waals surface area contributed by atoms with Gasteiger partial charge in [-0.05, 0) is 109 Å². The van der Waals surface area contributed by atoms with Crippen LogP contribution in [0.4, 0.5) is 0 Å². The molecule has 80 heavy (non-hydrogen) atoms. The van der Waals surface area contributed by atoms with Gasteiger partial charge in [0.15, 0.2) is 6.10 Å². The molecule has 0 radical (unpaired) electrons. The first-order chi connectivity index (χ1) is 39.5. The van der Waals surface area contributed by atoms with Crippen LogP contribution in [-0.4, -0.2) is 37.2 Å². The van der Waals surface area contributed by atoms with Crippen molar-refractivity contribution in [1.29, 1.82) is 0 Å². The quantitative estimate of drug-likeness (QED) is 0.0261. The molecule has 0 aromatic heterocycles. The summed E-state index contributed by atoms with van der Waals surface area (Å²) in [4.78, 5) is 38.0. The number of unbranched alkanes of at least 4 members (excludes halogenated alkanes) is 32. The predicted octanol–water partition coefficient (Wildman–Crippen LogP) is 23.4. The van der Waals surface area contributed by atoms with Gasteiger partial charge >= 0.3 is 17.9 Å². The second kappa shape index (κ2) is 67.6. The molecule has 0 bridgehead atoms. The number of carbonyl (C=O) groups is 3. The van der Waals surface area contributed by atoms with E-state index >= 15 is 0 Å². The number of carbonyl (C=O) groups excluding carboxylic acids is 3. The van der Waals surface area contributed by atoms with Crippen molar-refractivity contribution in [2.45, 2.75) is 329 Å². The van der Waals surface area contributed by atoms with Crippen LogP contribution in [0.5, 0.6) is 0 Å². The lowest BCUT2D eigenvalue weighted by Gasteiger charge is -2.18. The first-order valence-electron chi connectivity index (χ1n) is 33.9. The van der Waals surface area contributed by atoms with Gasteiger partial charge in [-0.3, -0.25) is 14.4 Å². The van der Waals surface area contributed by atoms with Crippen molar-refractivity contribution in [1.82, 2.24) is 0 Å². The summed E-state index contributed by atoms with van der Waals surface area (Å²) in [5.41, 5.74) is 0. The van der Waals surface area contributed by atoms with E-state index in [1.165, 1.54) is 161 Å². The highest BCUT2D eigenvalue weighted by molar-refractivity contribution is 5.71. The van der Waals surface area contributed by atoms with Crippen molar-refractivity contribution in [3.05, 3.63) is 109 Å². The zero-order chi connectivity index (χ0) is 57.8. The van der Waals surface area contributed by atoms with Crippen LogP contribution in [0.25, 0.3) is 0 Å². The Morgan fingerprint density at radius 1 is 0.263 bits per heavy atom. The Kier molecular flexibility index (Phi) is 64.3. The van der Waals surface area contributed by atoms with E-state index < -0.39 is 6.10 Å². The molecular weight excluding hydrogens is 985 g/mol. The fraction of sp³-hybridized carbons (Fsp3) is 0.716. The minimum atomic E-state index is -0.790. The summed E-state index contributed by atoms with van der Waals surface area (Å²) in [5.74, 6) is -0.914. The Morgan fingerprint density at radius 2 is 0.487 bits per heavy atom. The number of ether oxygens (including phenoxy) is 3. The first kappa shape index (κ1) is 76.1. The molecule has 6 heteroatoms. The standard InChI is InChI=1S/C74H126O6/c1-4-7-10-13-16-18-20-22-24-26-28-30-32-33-34-35-36-37-38-39-40-41-43-44-46-48-50-52-54-56-58-61-64-67-73(76)79-70-71(69-78-72(75)66-63-60-15-12-9-6-3)80-74(77)68-65-62-59-57-55-53-51-49-47-45-42-31-29-27-25-23-21-19-17-14-11-8-5-2/h8,11,17,19-20,22-23,25-26,28-29,31-33,45,47,51,53,71H,4-7,9-10,12-16,18,21,24,27,30,34-44,46,48-50,52,54-70H2,1-3H3/b11-8-,19-17-,22-20-,25-23-,28-26-,31-29-,33-32-,47-45-,53-51-. The van der Waals surface area contributed by atoms with Gasteiger partial charge in [-0.1, -0.05) is 304 Å². The predicted molar refractivity (Wildman–Crippen MR) is 348 cm³/mol. The van der Waals surface area contributed by atoms with Gasteiger partial charge in [0.2, 0.25) is 0 Å². The molecule has 0 rings (SSSR count). The number of allylic oxidation sites excluding steroid dienone is 18. The minimum absolute atomic E-state index is 0.0869. The van der Waals surface area contributed by atoms with Gasteiger partial charge in [-0.2, -0.15) is 0 Å². The maximum Gasteiger partial charge on any atom is 0.306 e. The van der Waals surface area contributed by atoms with Crippen LogP contribution in [0.15, 0.2) is 109 Å². The Morgan fingerprint density at radius 3 is 0.762 bits per heavy atom. The van der Waals surface area contributed by atoms with Crippen LogP contribution in [0.2, 0.25) is 0 Å². The lowest BCUT2D eigenvalue weighted by molar-refractivity contribution is -0.167. The van der Waals surface area contributed by atoms with E-state index in [0.717, 1.165) is 122 Å². The van der Waals surface area contributed by atoms with Gasteiger partial charge in [0.1, 0.15) is 13.2 Å². The van der Waals surface area contributed by atoms with Gasteiger partial charge in [-0.25, -0.2) is 0 Å². The van der Waals surface area contributed by atoms with Crippen molar-refractivity contribution in [3.8, 4) is 0 Å². The molecule has 0 aliphatic rings. The van der Waals surface area contributed by atoms with Gasteiger partial charge in [0.25, 0.3) is 0 Å². The van der Waals surface area contributed by atoms with Gasteiger partial charge in [0, 0.05) is 19.3 Å². The van der Waals surface area contributed by atoms with E-state index in [4.69, 9.17) is 14.2 Å². The molecule has 0 spiro atoms. The molecule has 0 fully saturated rings. The minimum Gasteiger partial charge on any atom is -0.462 e. The summed E-state index contributed by atoms with van der Waals surface area (Å²) < 4.78 is 16.8. The molecule has 0 aromatic carbocycles. The number of rotatable bonds is 61. The molecule has 0 heterocycles. The van der Waals surface area contributed by atoms with Gasteiger partial charge in [-0.15, -0.1) is 0 Å². The summed E-state index contributed by atoms with van der Waals surface area (Å²) in [6.07, 6.45) is 92.9. The Bertz CT molecular complexity index is 1610. The lowest BCUT2D eigenvalue weighted by atomic mass is 10.0. The third-order valence-electron chi connectivity index (χ3n) is 14.5. The van der Waals surface area contributed by atoms with Crippen molar-refractivity contribution >= 4 is 17.9 Å². The molecule has 0 aliphatic carbocycles. The molecule has 1 atom stereocenters. The molecule has 0 amide bonds. The van der Waals surface area contributed by atoms with Crippen molar-refractivity contribution in [2.24, 2.45) is 0 Å². The van der Waals surface area contributed by atoms with Gasteiger partial charge in [0.05, 0.1) is 0 Å². The zero-order valence-corrected chi connectivity index (χ0v) is 52.6. The first-order valence-corrected chi connectivity index (χ1v) is 33.9. The largest absolute Gasteiger partial charge is 0.462 e. The molecule has 458 valence electrons. The maximum absolute atomic E-state index is 12.8. The van der Waals surface area contributed by atoms with E-state index in [9.17, 15) is 14.4 Å². The highest BCUT2D eigenvalue weighted by Gasteiger charge is 2.19. The van der Waals surface area contributed by atoms with Crippen molar-refractivity contribution in [3.63, 3.8) is 0 Å². The fourth-order valence-corrected chi connectivity index (χ4v) is 9.45. The average molecular weight is 1110 g/mol. The third kappa shape index (κ3) is 64.9. The van der Waals surface area contributed by atoms with Crippen LogP contribution < -0.4 is 0 Å². The van der Waals surface area contributed by atoms with E-state index in [2.05, 4.69) is 130 Å². The van der Waals surface area contributed by atoms with Crippen LogP contribution in [-0.2, 0) is 28.6 Å². The maximum atomic E-state index is 12.8. The normalized spacial score (nSPS) is 12.8. The monoisotopic (exact) mass is 1110 g/mol. The summed E-state index contributed by atoms with van der Waals surface area (Å²) >= 11 is 0. The molecule has 0 aromatic rings. The lowest BCUT2D eigenvalue weighted by Crippen LogP contribution is -2.30. The zero-order valence-electron chi connectivity index (χ0n) is 52.6. The Balaban J connectivity index is 4.06. The highest BCUT2D eigenvalue weighted by Crippen LogP contribution is 2.17. The van der Waals surface area contributed by atoms with Crippen LogP contribution >= 0.6 is 0 Å². The highest BCUT2D eigenvalue weighted by atomic mass is 16.6. The molecule has 0 N–H and O–H groups in total. The van der Waals surface area contributed by atoms with E-state index in [1.54, 1.807) is 0 Å². The second-order valence-corrected chi connectivity index (χ2v) is 22.4. The average Bonchev–Trinajstić information content (AvgIpc) is 3.46. The van der Waals surface area contributed by atoms with E-state index in [1.807, 2.05) is 0 Å². The molecule has 1 unspecified atom stereocenters. The van der Waals surface area contributed by atoms with Crippen LogP contribution in [0.3, 0.4) is 0 Å². The molecule has 6 nitrogen and oxygen atoms in total. The Labute approximate surface area is 495 Å². The van der Waals surface area contributed by atoms with Crippen LogP contribution in [0, 0.1) is 0 Å². The van der Waals surface area contributed by atoms with Crippen molar-refractivity contribution < 1.29 is 28.6 Å². The smallest absolute Gasteiger partial charge is 0.306 e. The number of hydrogen-bond donors (Lipinski definition) is 0. The molecule has 0 saturated carbocycles. The summed E-state index contributed by atoms with van der Waals surface area (Å²) in [6.45, 7) is 6.45. The molecular formula is C74H126O6. The summed E-state index contributed by atoms with van der Waals surface area (Å²) in [5, 5.41) is 0. The van der Waals surface area contributed by atoms with Crippen molar-refractivity contribution in [2.75, 3.05) is 13.2 Å².